The zero-order valence-corrected chi connectivity index (χ0v) is 9.27. The Bertz CT molecular complexity index is 265. The van der Waals surface area contributed by atoms with Gasteiger partial charge in [0.1, 0.15) is 6.04 Å². The summed E-state index contributed by atoms with van der Waals surface area (Å²) >= 11 is 0. The van der Waals surface area contributed by atoms with Crippen LogP contribution in [-0.2, 0) is 9.59 Å². The molecule has 0 radical (unpaired) electrons. The van der Waals surface area contributed by atoms with Gasteiger partial charge < -0.3 is 16.4 Å². The molecule has 1 fully saturated rings. The molecular formula is C10H19N3O2. The Labute approximate surface area is 89.8 Å². The number of nitrogens with zero attached hydrogens (tertiary/aromatic N) is 1. The second-order valence-electron chi connectivity index (χ2n) is 4.47. The lowest BCUT2D eigenvalue weighted by Gasteiger charge is -2.40. The lowest BCUT2D eigenvalue weighted by atomic mass is 9.97. The van der Waals surface area contributed by atoms with Gasteiger partial charge >= 0.3 is 0 Å². The maximum Gasteiger partial charge on any atom is 0.240 e. The smallest absolute Gasteiger partial charge is 0.240 e. The highest BCUT2D eigenvalue weighted by Gasteiger charge is 2.38. The molecule has 2 atom stereocenters. The van der Waals surface area contributed by atoms with Crippen LogP contribution >= 0.6 is 0 Å². The van der Waals surface area contributed by atoms with Crippen LogP contribution in [0.4, 0.5) is 0 Å². The van der Waals surface area contributed by atoms with Gasteiger partial charge in [0.15, 0.2) is 0 Å². The fourth-order valence-corrected chi connectivity index (χ4v) is 1.77. The van der Waals surface area contributed by atoms with E-state index in [9.17, 15) is 9.59 Å². The molecule has 5 heteroatoms. The van der Waals surface area contributed by atoms with Crippen molar-refractivity contribution in [1.82, 2.24) is 4.90 Å². The predicted molar refractivity (Wildman–Crippen MR) is 56.7 cm³/mol. The van der Waals surface area contributed by atoms with Crippen molar-refractivity contribution in [2.75, 3.05) is 6.54 Å². The molecule has 1 aliphatic rings. The summed E-state index contributed by atoms with van der Waals surface area (Å²) in [7, 11) is 0. The first kappa shape index (κ1) is 12.0. The van der Waals surface area contributed by atoms with Gasteiger partial charge in [-0.1, -0.05) is 13.8 Å². The molecule has 5 nitrogen and oxygen atoms in total. The predicted octanol–water partition coefficient (Wildman–Crippen LogP) is -0.554. The molecule has 1 heterocycles. The first-order valence-electron chi connectivity index (χ1n) is 5.29. The standard InChI is InChI=1S/C10H19N3O2/c1-6(2)5-7(11)10(15)13-4-3-8(13)9(12)14/h6-8H,3-5,11H2,1-2H3,(H2,12,14)/t7-,8?/m1/s1. The van der Waals surface area contributed by atoms with E-state index in [4.69, 9.17) is 11.5 Å². The molecule has 1 unspecified atom stereocenters. The third-order valence-corrected chi connectivity index (χ3v) is 2.67. The van der Waals surface area contributed by atoms with Crippen LogP contribution in [0.1, 0.15) is 26.7 Å². The number of primary amides is 1. The first-order valence-corrected chi connectivity index (χ1v) is 5.29. The number of hydrogen-bond donors (Lipinski definition) is 2. The minimum absolute atomic E-state index is 0.154. The Morgan fingerprint density at radius 1 is 1.47 bits per heavy atom. The van der Waals surface area contributed by atoms with E-state index < -0.39 is 18.0 Å². The SMILES string of the molecule is CC(C)C[C@@H](N)C(=O)N1CCC1C(N)=O. The number of nitrogens with two attached hydrogens (primary N) is 2. The Kier molecular flexibility index (Phi) is 3.68. The molecule has 4 N–H and O–H groups in total. The molecule has 0 saturated carbocycles. The molecule has 15 heavy (non-hydrogen) atoms. The summed E-state index contributed by atoms with van der Waals surface area (Å²) in [6.45, 7) is 4.61. The molecule has 0 aromatic carbocycles. The van der Waals surface area contributed by atoms with Gasteiger partial charge in [0.2, 0.25) is 11.8 Å². The number of carbonyl (C=O) groups is 2. The number of amides is 2. The Morgan fingerprint density at radius 3 is 2.40 bits per heavy atom. The van der Waals surface area contributed by atoms with Crippen LogP contribution < -0.4 is 11.5 Å². The Morgan fingerprint density at radius 2 is 2.07 bits per heavy atom. The second-order valence-corrected chi connectivity index (χ2v) is 4.47. The highest BCUT2D eigenvalue weighted by molar-refractivity contribution is 5.90. The van der Waals surface area contributed by atoms with Gasteiger partial charge in [-0.2, -0.15) is 0 Å². The fourth-order valence-electron chi connectivity index (χ4n) is 1.77. The van der Waals surface area contributed by atoms with Crippen molar-refractivity contribution in [3.05, 3.63) is 0 Å². The lowest BCUT2D eigenvalue weighted by Crippen LogP contribution is -2.60. The average molecular weight is 213 g/mol. The Hall–Kier alpha value is -1.10. The third kappa shape index (κ3) is 2.68. The van der Waals surface area contributed by atoms with Crippen molar-refractivity contribution in [2.24, 2.45) is 17.4 Å². The molecule has 0 spiro atoms. The number of hydrogen-bond acceptors (Lipinski definition) is 3. The van der Waals surface area contributed by atoms with Crippen molar-refractivity contribution in [3.8, 4) is 0 Å². The molecule has 2 amide bonds. The largest absolute Gasteiger partial charge is 0.368 e. The maximum atomic E-state index is 11.8. The van der Waals surface area contributed by atoms with E-state index in [-0.39, 0.29) is 5.91 Å². The minimum Gasteiger partial charge on any atom is -0.368 e. The topological polar surface area (TPSA) is 89.4 Å². The summed E-state index contributed by atoms with van der Waals surface area (Å²) in [6.07, 6.45) is 1.30. The van der Waals surface area contributed by atoms with E-state index in [1.54, 1.807) is 0 Å². The van der Waals surface area contributed by atoms with Gasteiger partial charge in [-0.3, -0.25) is 9.59 Å². The molecule has 0 aromatic heterocycles. The summed E-state index contributed by atoms with van der Waals surface area (Å²) < 4.78 is 0. The zero-order valence-electron chi connectivity index (χ0n) is 9.27. The van der Waals surface area contributed by atoms with Crippen LogP contribution in [-0.4, -0.2) is 35.3 Å². The molecule has 1 rings (SSSR count). The normalized spacial score (nSPS) is 22.4. The number of likely N-dealkylation sites (tertiary alicyclic amines) is 1. The van der Waals surface area contributed by atoms with Crippen molar-refractivity contribution >= 4 is 11.8 Å². The highest BCUT2D eigenvalue weighted by atomic mass is 16.2. The molecule has 0 aromatic rings. The van der Waals surface area contributed by atoms with Gasteiger partial charge in [0.25, 0.3) is 0 Å². The van der Waals surface area contributed by atoms with E-state index in [1.807, 2.05) is 13.8 Å². The second kappa shape index (κ2) is 4.61. The molecule has 0 aliphatic carbocycles. The monoisotopic (exact) mass is 213 g/mol. The first-order chi connectivity index (χ1) is 6.93. The summed E-state index contributed by atoms with van der Waals surface area (Å²) in [5.74, 6) is -0.220. The third-order valence-electron chi connectivity index (χ3n) is 2.67. The van der Waals surface area contributed by atoms with Gasteiger partial charge in [0.05, 0.1) is 6.04 Å². The molecule has 1 aliphatic heterocycles. The highest BCUT2D eigenvalue weighted by Crippen LogP contribution is 2.19. The number of carbonyl (C=O) groups excluding carboxylic acids is 2. The lowest BCUT2D eigenvalue weighted by molar-refractivity contribution is -0.147. The van der Waals surface area contributed by atoms with E-state index >= 15 is 0 Å². The molecule has 0 bridgehead atoms. The van der Waals surface area contributed by atoms with Crippen LogP contribution in [0, 0.1) is 5.92 Å². The van der Waals surface area contributed by atoms with Crippen LogP contribution in [0.5, 0.6) is 0 Å². The maximum absolute atomic E-state index is 11.8. The van der Waals surface area contributed by atoms with Crippen LogP contribution in [0.25, 0.3) is 0 Å². The zero-order chi connectivity index (χ0) is 11.6. The Balaban J connectivity index is 2.50. The van der Waals surface area contributed by atoms with E-state index in [1.165, 1.54) is 4.90 Å². The molecule has 1 saturated heterocycles. The van der Waals surface area contributed by atoms with E-state index in [0.717, 1.165) is 0 Å². The fraction of sp³-hybridized carbons (Fsp3) is 0.800. The number of rotatable bonds is 4. The van der Waals surface area contributed by atoms with Crippen molar-refractivity contribution < 1.29 is 9.59 Å². The van der Waals surface area contributed by atoms with Crippen LogP contribution in [0.15, 0.2) is 0 Å². The molecular weight excluding hydrogens is 194 g/mol. The summed E-state index contributed by atoms with van der Waals surface area (Å²) in [5, 5.41) is 0. The van der Waals surface area contributed by atoms with E-state index in [2.05, 4.69) is 0 Å². The van der Waals surface area contributed by atoms with E-state index in [0.29, 0.717) is 25.3 Å². The molecule has 86 valence electrons. The van der Waals surface area contributed by atoms with Gasteiger partial charge in [-0.05, 0) is 18.8 Å². The van der Waals surface area contributed by atoms with Crippen molar-refractivity contribution in [2.45, 2.75) is 38.8 Å². The summed E-state index contributed by atoms with van der Waals surface area (Å²) in [6, 6.07) is -0.942. The van der Waals surface area contributed by atoms with Gasteiger partial charge in [-0.25, -0.2) is 0 Å². The van der Waals surface area contributed by atoms with Gasteiger partial charge in [0, 0.05) is 6.54 Å². The average Bonchev–Trinajstić information content (AvgIpc) is 1.99. The minimum atomic E-state index is -0.507. The summed E-state index contributed by atoms with van der Waals surface area (Å²) in [4.78, 5) is 24.2. The van der Waals surface area contributed by atoms with Crippen molar-refractivity contribution in [1.29, 1.82) is 0 Å². The van der Waals surface area contributed by atoms with Gasteiger partial charge in [-0.15, -0.1) is 0 Å². The summed E-state index contributed by atoms with van der Waals surface area (Å²) in [5.41, 5.74) is 10.9. The van der Waals surface area contributed by atoms with Crippen molar-refractivity contribution in [3.63, 3.8) is 0 Å². The van der Waals surface area contributed by atoms with Crippen LogP contribution in [0.2, 0.25) is 0 Å². The quantitative estimate of drug-likeness (QED) is 0.656. The van der Waals surface area contributed by atoms with Crippen LogP contribution in [0.3, 0.4) is 0 Å².